The van der Waals surface area contributed by atoms with Crippen LogP contribution in [0.1, 0.15) is 13.8 Å². The van der Waals surface area contributed by atoms with Crippen molar-refractivity contribution < 1.29 is 0 Å². The van der Waals surface area contributed by atoms with Crippen LogP contribution in [0, 0.1) is 22.8 Å². The van der Waals surface area contributed by atoms with Gasteiger partial charge in [-0.2, -0.15) is 10.5 Å². The molecule has 0 radical (unpaired) electrons. The summed E-state index contributed by atoms with van der Waals surface area (Å²) in [4.78, 5) is 1.31. The number of hydrogen-bond acceptors (Lipinski definition) is 3. The Balaban J connectivity index is 4.23. The topological polar surface area (TPSA) is 50.8 Å². The van der Waals surface area contributed by atoms with E-state index in [2.05, 4.69) is 0 Å². The number of rotatable bonds is 1. The maximum Gasteiger partial charge on any atom is 0.180 e. The zero-order chi connectivity index (χ0) is 7.49. The normalized spacial score (nSPS) is 9.44. The molecule has 0 fully saturated rings. The molecular formula is C6H9N3. The van der Waals surface area contributed by atoms with Gasteiger partial charge in [0.15, 0.2) is 6.19 Å². The van der Waals surface area contributed by atoms with E-state index < -0.39 is 5.54 Å². The van der Waals surface area contributed by atoms with Gasteiger partial charge in [-0.3, -0.25) is 4.90 Å². The molecule has 0 saturated heterocycles. The molecule has 48 valence electrons. The minimum atomic E-state index is -0.672. The molecule has 3 heteroatoms. The molecule has 0 atom stereocenters. The SMILES string of the molecule is CN(C#N)C(C)(C)C#N. The van der Waals surface area contributed by atoms with Crippen molar-refractivity contribution in [1.82, 2.24) is 4.90 Å². The van der Waals surface area contributed by atoms with Crippen LogP contribution in [-0.4, -0.2) is 17.5 Å². The Bertz CT molecular complexity index is 170. The molecule has 0 saturated carbocycles. The first-order valence-electron chi connectivity index (χ1n) is 2.59. The van der Waals surface area contributed by atoms with E-state index in [1.54, 1.807) is 20.9 Å². The van der Waals surface area contributed by atoms with E-state index in [1.165, 1.54) is 4.90 Å². The zero-order valence-electron chi connectivity index (χ0n) is 5.84. The lowest BCUT2D eigenvalue weighted by Crippen LogP contribution is -2.35. The van der Waals surface area contributed by atoms with Crippen molar-refractivity contribution in [3.05, 3.63) is 0 Å². The molecule has 0 heterocycles. The van der Waals surface area contributed by atoms with Crippen molar-refractivity contribution in [3.63, 3.8) is 0 Å². The first-order valence-corrected chi connectivity index (χ1v) is 2.59. The maximum atomic E-state index is 8.45. The predicted octanol–water partition coefficient (Wildman–Crippen LogP) is 0.701. The van der Waals surface area contributed by atoms with Crippen molar-refractivity contribution in [3.8, 4) is 12.3 Å². The highest BCUT2D eigenvalue weighted by molar-refractivity contribution is 5.04. The van der Waals surface area contributed by atoms with Crippen LogP contribution < -0.4 is 0 Å². The average Bonchev–Trinajstić information content (AvgIpc) is 1.86. The van der Waals surface area contributed by atoms with E-state index in [9.17, 15) is 0 Å². The highest BCUT2D eigenvalue weighted by atomic mass is 15.1. The van der Waals surface area contributed by atoms with Gasteiger partial charge in [0.1, 0.15) is 5.54 Å². The van der Waals surface area contributed by atoms with Crippen LogP contribution in [0.5, 0.6) is 0 Å². The third-order valence-electron chi connectivity index (χ3n) is 1.26. The van der Waals surface area contributed by atoms with Gasteiger partial charge in [0.05, 0.1) is 6.07 Å². The second kappa shape index (κ2) is 2.37. The molecule has 0 amide bonds. The van der Waals surface area contributed by atoms with Crippen molar-refractivity contribution in [2.24, 2.45) is 0 Å². The van der Waals surface area contributed by atoms with Crippen molar-refractivity contribution in [2.45, 2.75) is 19.4 Å². The summed E-state index contributed by atoms with van der Waals surface area (Å²) in [5, 5.41) is 16.8. The molecule has 0 N–H and O–H groups in total. The van der Waals surface area contributed by atoms with Crippen LogP contribution in [0.3, 0.4) is 0 Å². The molecule has 0 aromatic heterocycles. The number of nitriles is 2. The summed E-state index contributed by atoms with van der Waals surface area (Å²) in [5.74, 6) is 0. The minimum absolute atomic E-state index is 0.672. The first kappa shape index (κ1) is 7.78. The Morgan fingerprint density at radius 3 is 1.89 bits per heavy atom. The molecule has 9 heavy (non-hydrogen) atoms. The highest BCUT2D eigenvalue weighted by Crippen LogP contribution is 2.07. The molecule has 0 aliphatic carbocycles. The molecule has 0 rings (SSSR count). The molecule has 0 spiro atoms. The largest absolute Gasteiger partial charge is 0.295 e. The lowest BCUT2D eigenvalue weighted by Gasteiger charge is -2.22. The fourth-order valence-corrected chi connectivity index (χ4v) is 0.200. The predicted molar refractivity (Wildman–Crippen MR) is 33.1 cm³/mol. The quantitative estimate of drug-likeness (QED) is 0.381. The highest BCUT2D eigenvalue weighted by Gasteiger charge is 2.20. The van der Waals surface area contributed by atoms with Gasteiger partial charge in [0.25, 0.3) is 0 Å². The Hall–Kier alpha value is -1.22. The van der Waals surface area contributed by atoms with Crippen molar-refractivity contribution >= 4 is 0 Å². The second-order valence-corrected chi connectivity index (χ2v) is 2.33. The zero-order valence-corrected chi connectivity index (χ0v) is 5.84. The lowest BCUT2D eigenvalue weighted by atomic mass is 10.1. The van der Waals surface area contributed by atoms with Crippen molar-refractivity contribution in [2.75, 3.05) is 7.05 Å². The molecule has 0 aliphatic rings. The third-order valence-corrected chi connectivity index (χ3v) is 1.26. The van der Waals surface area contributed by atoms with Crippen LogP contribution in [0.25, 0.3) is 0 Å². The van der Waals surface area contributed by atoms with E-state index in [-0.39, 0.29) is 0 Å². The maximum absolute atomic E-state index is 8.45. The fourth-order valence-electron chi connectivity index (χ4n) is 0.200. The van der Waals surface area contributed by atoms with E-state index in [0.717, 1.165) is 0 Å². The van der Waals surface area contributed by atoms with Gasteiger partial charge in [-0.25, -0.2) is 0 Å². The van der Waals surface area contributed by atoms with E-state index in [4.69, 9.17) is 10.5 Å². The van der Waals surface area contributed by atoms with Gasteiger partial charge in [0, 0.05) is 7.05 Å². The molecule has 0 unspecified atom stereocenters. The van der Waals surface area contributed by atoms with E-state index >= 15 is 0 Å². The van der Waals surface area contributed by atoms with Gasteiger partial charge in [0.2, 0.25) is 0 Å². The van der Waals surface area contributed by atoms with Gasteiger partial charge in [-0.05, 0) is 13.8 Å². The fraction of sp³-hybridized carbons (Fsp3) is 0.667. The van der Waals surface area contributed by atoms with Crippen LogP contribution in [0.2, 0.25) is 0 Å². The van der Waals surface area contributed by atoms with E-state index in [1.807, 2.05) is 12.3 Å². The first-order chi connectivity index (χ1) is 4.04. The summed E-state index contributed by atoms with van der Waals surface area (Å²) < 4.78 is 0. The van der Waals surface area contributed by atoms with Crippen molar-refractivity contribution in [1.29, 1.82) is 10.5 Å². The summed E-state index contributed by atoms with van der Waals surface area (Å²) in [6.07, 6.45) is 1.87. The minimum Gasteiger partial charge on any atom is -0.295 e. The second-order valence-electron chi connectivity index (χ2n) is 2.33. The summed E-state index contributed by atoms with van der Waals surface area (Å²) in [7, 11) is 1.59. The number of hydrogen-bond donors (Lipinski definition) is 0. The summed E-state index contributed by atoms with van der Waals surface area (Å²) in [6, 6.07) is 2.00. The lowest BCUT2D eigenvalue weighted by molar-refractivity contribution is 0.309. The van der Waals surface area contributed by atoms with Gasteiger partial charge < -0.3 is 0 Å². The standard InChI is InChI=1S/C6H9N3/c1-6(2,4-7)9(3)5-8/h1-3H3. The van der Waals surface area contributed by atoms with Crippen LogP contribution >= 0.6 is 0 Å². The molecular weight excluding hydrogens is 114 g/mol. The van der Waals surface area contributed by atoms with Gasteiger partial charge in [-0.1, -0.05) is 0 Å². The molecule has 0 aromatic carbocycles. The van der Waals surface area contributed by atoms with Crippen LogP contribution in [0.15, 0.2) is 0 Å². The average molecular weight is 123 g/mol. The van der Waals surface area contributed by atoms with Gasteiger partial charge in [-0.15, -0.1) is 0 Å². The van der Waals surface area contributed by atoms with Crippen LogP contribution in [0.4, 0.5) is 0 Å². The molecule has 0 aromatic rings. The summed E-state index contributed by atoms with van der Waals surface area (Å²) >= 11 is 0. The summed E-state index contributed by atoms with van der Waals surface area (Å²) in [6.45, 7) is 3.38. The third kappa shape index (κ3) is 1.62. The summed E-state index contributed by atoms with van der Waals surface area (Å²) in [5.41, 5.74) is -0.672. The molecule has 0 bridgehead atoms. The van der Waals surface area contributed by atoms with Crippen LogP contribution in [-0.2, 0) is 0 Å². The molecule has 3 nitrogen and oxygen atoms in total. The Morgan fingerprint density at radius 1 is 1.33 bits per heavy atom. The molecule has 0 aliphatic heterocycles. The Labute approximate surface area is 55.1 Å². The monoisotopic (exact) mass is 123 g/mol. The Morgan fingerprint density at radius 2 is 1.78 bits per heavy atom. The smallest absolute Gasteiger partial charge is 0.180 e. The van der Waals surface area contributed by atoms with Gasteiger partial charge >= 0.3 is 0 Å². The number of nitrogens with zero attached hydrogens (tertiary/aromatic N) is 3. The van der Waals surface area contributed by atoms with E-state index in [0.29, 0.717) is 0 Å². The Kier molecular flexibility index (Phi) is 2.05.